The van der Waals surface area contributed by atoms with Crippen molar-refractivity contribution in [3.8, 4) is 0 Å². The van der Waals surface area contributed by atoms with Crippen LogP contribution >= 0.6 is 0 Å². The summed E-state index contributed by atoms with van der Waals surface area (Å²) in [4.78, 5) is 0. The van der Waals surface area contributed by atoms with Crippen LogP contribution in [0.25, 0.3) is 0 Å². The lowest BCUT2D eigenvalue weighted by Crippen LogP contribution is -2.13. The molecule has 2 nitrogen and oxygen atoms in total. The van der Waals surface area contributed by atoms with Gasteiger partial charge >= 0.3 is 0 Å². The Morgan fingerprint density at radius 1 is 1.60 bits per heavy atom. The molecule has 0 heterocycles. The lowest BCUT2D eigenvalue weighted by molar-refractivity contribution is 0.585. The van der Waals surface area contributed by atoms with Crippen molar-refractivity contribution in [2.75, 3.05) is 0 Å². The van der Waals surface area contributed by atoms with Gasteiger partial charge in [0.1, 0.15) is 0 Å². The fourth-order valence-electron chi connectivity index (χ4n) is 0.735. The smallest absolute Gasteiger partial charge is 0.173 e. The zero-order valence-corrected chi connectivity index (χ0v) is 7.32. The quantitative estimate of drug-likeness (QED) is 0.631. The van der Waals surface area contributed by atoms with E-state index in [2.05, 4.69) is 6.58 Å². The minimum atomic E-state index is -3.00. The molecule has 0 fully saturated rings. The minimum absolute atomic E-state index is 0.269. The van der Waals surface area contributed by atoms with E-state index in [0.717, 1.165) is 11.8 Å². The van der Waals surface area contributed by atoms with Gasteiger partial charge < -0.3 is 0 Å². The molecule has 0 aliphatic carbocycles. The van der Waals surface area contributed by atoms with E-state index < -0.39 is 9.84 Å². The average Bonchev–Trinajstić information content (AvgIpc) is 1.89. The summed E-state index contributed by atoms with van der Waals surface area (Å²) in [5.41, 5.74) is 0. The second kappa shape index (κ2) is 3.76. The Morgan fingerprint density at radius 2 is 2.10 bits per heavy atom. The minimum Gasteiger partial charge on any atom is -0.224 e. The first-order chi connectivity index (χ1) is 4.54. The topological polar surface area (TPSA) is 34.1 Å². The van der Waals surface area contributed by atoms with Gasteiger partial charge in [0.15, 0.2) is 9.84 Å². The van der Waals surface area contributed by atoms with Crippen LogP contribution in [0.1, 0.15) is 26.7 Å². The first-order valence-corrected chi connectivity index (χ1v) is 5.02. The molecule has 0 bridgehead atoms. The number of sulfone groups is 1. The van der Waals surface area contributed by atoms with Crippen LogP contribution in [0.4, 0.5) is 0 Å². The molecule has 0 spiro atoms. The molecule has 10 heavy (non-hydrogen) atoms. The maximum absolute atomic E-state index is 11.0. The average molecular weight is 162 g/mol. The maximum Gasteiger partial charge on any atom is 0.173 e. The molecule has 0 radical (unpaired) electrons. The molecule has 0 aromatic rings. The van der Waals surface area contributed by atoms with Gasteiger partial charge in [-0.2, -0.15) is 0 Å². The highest BCUT2D eigenvalue weighted by Gasteiger charge is 2.14. The van der Waals surface area contributed by atoms with Crippen LogP contribution in [0.2, 0.25) is 0 Å². The number of hydrogen-bond acceptors (Lipinski definition) is 2. The summed E-state index contributed by atoms with van der Waals surface area (Å²) in [5.74, 6) is 0. The molecule has 60 valence electrons. The van der Waals surface area contributed by atoms with Gasteiger partial charge in [0.25, 0.3) is 0 Å². The van der Waals surface area contributed by atoms with Crippen molar-refractivity contribution < 1.29 is 8.42 Å². The van der Waals surface area contributed by atoms with E-state index in [1.807, 2.05) is 6.92 Å². The molecule has 3 heteroatoms. The van der Waals surface area contributed by atoms with Gasteiger partial charge in [-0.15, -0.1) is 0 Å². The molecule has 0 amide bonds. The summed E-state index contributed by atoms with van der Waals surface area (Å²) in [6, 6.07) is 0. The normalized spacial score (nSPS) is 14.6. The van der Waals surface area contributed by atoms with E-state index in [0.29, 0.717) is 6.42 Å². The van der Waals surface area contributed by atoms with Crippen molar-refractivity contribution in [3.05, 3.63) is 12.0 Å². The van der Waals surface area contributed by atoms with Gasteiger partial charge in [0, 0.05) is 5.41 Å². The Morgan fingerprint density at radius 3 is 2.40 bits per heavy atom. The first-order valence-electron chi connectivity index (χ1n) is 3.41. The summed E-state index contributed by atoms with van der Waals surface area (Å²) in [7, 11) is -3.00. The summed E-state index contributed by atoms with van der Waals surface area (Å²) < 4.78 is 21.9. The van der Waals surface area contributed by atoms with Crippen molar-refractivity contribution in [2.24, 2.45) is 0 Å². The van der Waals surface area contributed by atoms with Gasteiger partial charge in [-0.05, 0) is 13.3 Å². The molecule has 0 saturated heterocycles. The van der Waals surface area contributed by atoms with E-state index in [4.69, 9.17) is 0 Å². The number of rotatable bonds is 4. The lowest BCUT2D eigenvalue weighted by Gasteiger charge is -2.05. The molecule has 0 saturated carbocycles. The van der Waals surface area contributed by atoms with Crippen LogP contribution in [0, 0.1) is 0 Å². The van der Waals surface area contributed by atoms with Gasteiger partial charge in [0.05, 0.1) is 5.25 Å². The van der Waals surface area contributed by atoms with Crippen LogP contribution in [0.3, 0.4) is 0 Å². The lowest BCUT2D eigenvalue weighted by atomic mass is 10.3. The van der Waals surface area contributed by atoms with Gasteiger partial charge in [-0.25, -0.2) is 8.42 Å². The van der Waals surface area contributed by atoms with E-state index in [9.17, 15) is 8.42 Å². The summed E-state index contributed by atoms with van der Waals surface area (Å²) in [5, 5.41) is 0.767. The SMILES string of the molecule is C=CS(=O)(=O)C(C)CCC. The Hall–Kier alpha value is -0.310. The zero-order chi connectivity index (χ0) is 8.20. The molecule has 1 unspecified atom stereocenters. The maximum atomic E-state index is 11.0. The van der Waals surface area contributed by atoms with Crippen molar-refractivity contribution in [3.63, 3.8) is 0 Å². The van der Waals surface area contributed by atoms with Gasteiger partial charge in [-0.1, -0.05) is 19.9 Å². The van der Waals surface area contributed by atoms with Crippen LogP contribution in [0.5, 0.6) is 0 Å². The Kier molecular flexibility index (Phi) is 3.64. The fraction of sp³-hybridized carbons (Fsp3) is 0.714. The predicted molar refractivity (Wildman–Crippen MR) is 43.5 cm³/mol. The van der Waals surface area contributed by atoms with Crippen LogP contribution in [-0.2, 0) is 9.84 Å². The largest absolute Gasteiger partial charge is 0.224 e. The van der Waals surface area contributed by atoms with Gasteiger partial charge in [0.2, 0.25) is 0 Å². The highest BCUT2D eigenvalue weighted by molar-refractivity contribution is 7.94. The fourth-order valence-corrected chi connectivity index (χ4v) is 1.63. The third kappa shape index (κ3) is 2.52. The van der Waals surface area contributed by atoms with E-state index in [-0.39, 0.29) is 5.25 Å². The van der Waals surface area contributed by atoms with Crippen LogP contribution < -0.4 is 0 Å². The van der Waals surface area contributed by atoms with Gasteiger partial charge in [-0.3, -0.25) is 0 Å². The monoisotopic (exact) mass is 162 g/mol. The molecule has 0 rings (SSSR count). The van der Waals surface area contributed by atoms with Crippen molar-refractivity contribution in [1.82, 2.24) is 0 Å². The Labute approximate surface area is 62.9 Å². The molecule has 1 atom stereocenters. The van der Waals surface area contributed by atoms with Crippen LogP contribution in [0.15, 0.2) is 12.0 Å². The molecule has 0 N–H and O–H groups in total. The van der Waals surface area contributed by atoms with Crippen molar-refractivity contribution in [2.45, 2.75) is 31.9 Å². The summed E-state index contributed by atoms with van der Waals surface area (Å²) in [6.07, 6.45) is 1.61. The van der Waals surface area contributed by atoms with Crippen LogP contribution in [-0.4, -0.2) is 13.7 Å². The Bertz CT molecular complexity index is 192. The third-order valence-electron chi connectivity index (χ3n) is 1.49. The molecular formula is C7H14O2S. The van der Waals surface area contributed by atoms with E-state index >= 15 is 0 Å². The molecular weight excluding hydrogens is 148 g/mol. The highest BCUT2D eigenvalue weighted by Crippen LogP contribution is 2.08. The molecule has 0 aromatic carbocycles. The van der Waals surface area contributed by atoms with Crippen molar-refractivity contribution >= 4 is 9.84 Å². The second-order valence-electron chi connectivity index (χ2n) is 2.35. The van der Waals surface area contributed by atoms with Crippen molar-refractivity contribution in [1.29, 1.82) is 0 Å². The predicted octanol–water partition coefficient (Wildman–Crippen LogP) is 1.73. The summed E-state index contributed by atoms with van der Waals surface area (Å²) >= 11 is 0. The zero-order valence-electron chi connectivity index (χ0n) is 6.50. The summed E-state index contributed by atoms with van der Waals surface area (Å²) in [6.45, 7) is 6.92. The number of hydrogen-bond donors (Lipinski definition) is 0. The van der Waals surface area contributed by atoms with E-state index in [1.165, 1.54) is 0 Å². The Balaban J connectivity index is 4.19. The third-order valence-corrected chi connectivity index (χ3v) is 3.31. The molecule has 0 aromatic heterocycles. The highest BCUT2D eigenvalue weighted by atomic mass is 32.2. The first kappa shape index (κ1) is 9.69. The standard InChI is InChI=1S/C7H14O2S/c1-4-6-7(3)10(8,9)5-2/h5,7H,2,4,6H2,1,3H3. The second-order valence-corrected chi connectivity index (χ2v) is 4.67. The molecule has 0 aliphatic heterocycles. The van der Waals surface area contributed by atoms with E-state index in [1.54, 1.807) is 6.92 Å². The molecule has 0 aliphatic rings.